The van der Waals surface area contributed by atoms with Crippen LogP contribution in [0.2, 0.25) is 5.02 Å². The molecule has 1 aliphatic heterocycles. The molecular weight excluding hydrogens is 442 g/mol. The minimum absolute atomic E-state index is 0.116. The number of carbonyl (C=O) groups excluding carboxylic acids is 4. The largest absolute Gasteiger partial charge is 0.453 e. The lowest BCUT2D eigenvalue weighted by atomic mass is 9.73. The highest BCUT2D eigenvalue weighted by Gasteiger charge is 2.64. The Kier molecular flexibility index (Phi) is 5.57. The van der Waals surface area contributed by atoms with Gasteiger partial charge in [0.05, 0.1) is 11.8 Å². The zero-order valence-electron chi connectivity index (χ0n) is 18.1. The number of hydrogen-bond donors (Lipinski definition) is 0. The first-order chi connectivity index (χ1) is 15.8. The van der Waals surface area contributed by atoms with Crippen LogP contribution in [-0.4, -0.2) is 41.1 Å². The minimum Gasteiger partial charge on any atom is -0.453 e. The van der Waals surface area contributed by atoms with Crippen LogP contribution < -0.4 is 0 Å². The molecular formula is C26H24ClNO5. The summed E-state index contributed by atoms with van der Waals surface area (Å²) in [6.45, 7) is 1.01. The molecule has 2 aliphatic carbocycles. The molecule has 1 heterocycles. The van der Waals surface area contributed by atoms with Crippen molar-refractivity contribution in [2.45, 2.75) is 31.8 Å². The molecule has 3 fully saturated rings. The number of amides is 2. The molecule has 2 aromatic carbocycles. The van der Waals surface area contributed by atoms with E-state index in [1.807, 2.05) is 18.2 Å². The molecule has 33 heavy (non-hydrogen) atoms. The van der Waals surface area contributed by atoms with Crippen LogP contribution in [0.1, 0.15) is 41.6 Å². The minimum atomic E-state index is -1.04. The van der Waals surface area contributed by atoms with E-state index in [2.05, 4.69) is 12.1 Å². The Morgan fingerprint density at radius 3 is 2.36 bits per heavy atom. The standard InChI is InChI=1S/C26H24ClNO5/c1-14(24(30)16-7-9-18(27)10-8-16)33-21(29)13-28-25(31)22-17-11-19(15-5-3-2-4-6-15)20(12-17)23(22)26(28)32/h2-10,14,17,19-20,22-23H,11-13H2,1H3/t14-,17-,19-,20-,22-,23+/m1/s1. The Hall–Kier alpha value is -2.99. The second kappa shape index (κ2) is 8.41. The van der Waals surface area contributed by atoms with Crippen LogP contribution >= 0.6 is 11.6 Å². The van der Waals surface area contributed by atoms with Crippen molar-refractivity contribution in [1.82, 2.24) is 4.90 Å². The number of likely N-dealkylation sites (tertiary alicyclic amines) is 1. The molecule has 0 spiro atoms. The maximum atomic E-state index is 13.2. The summed E-state index contributed by atoms with van der Waals surface area (Å²) < 4.78 is 5.27. The summed E-state index contributed by atoms with van der Waals surface area (Å²) in [6, 6.07) is 16.4. The molecule has 3 aliphatic rings. The van der Waals surface area contributed by atoms with Crippen molar-refractivity contribution in [3.05, 3.63) is 70.7 Å². The smallest absolute Gasteiger partial charge is 0.326 e. The lowest BCUT2D eigenvalue weighted by molar-refractivity contribution is -0.155. The Morgan fingerprint density at radius 2 is 1.67 bits per heavy atom. The second-order valence-corrected chi connectivity index (χ2v) is 9.67. The van der Waals surface area contributed by atoms with Crippen molar-refractivity contribution in [3.63, 3.8) is 0 Å². The summed E-state index contributed by atoms with van der Waals surface area (Å²) in [6.07, 6.45) is 0.724. The maximum absolute atomic E-state index is 13.2. The summed E-state index contributed by atoms with van der Waals surface area (Å²) in [5.74, 6) is -1.88. The predicted molar refractivity (Wildman–Crippen MR) is 120 cm³/mol. The van der Waals surface area contributed by atoms with E-state index in [0.29, 0.717) is 10.6 Å². The van der Waals surface area contributed by atoms with Crippen LogP contribution in [-0.2, 0) is 19.1 Å². The predicted octanol–water partition coefficient (Wildman–Crippen LogP) is 3.88. The summed E-state index contributed by atoms with van der Waals surface area (Å²) >= 11 is 5.85. The lowest BCUT2D eigenvalue weighted by Gasteiger charge is -2.28. The zero-order valence-corrected chi connectivity index (χ0v) is 18.9. The number of benzene rings is 2. The number of rotatable bonds is 6. The second-order valence-electron chi connectivity index (χ2n) is 9.23. The molecule has 1 saturated heterocycles. The Bertz CT molecular complexity index is 1120. The molecule has 7 heteroatoms. The van der Waals surface area contributed by atoms with Crippen LogP contribution in [0.25, 0.3) is 0 Å². The van der Waals surface area contributed by atoms with Gasteiger partial charge in [0.1, 0.15) is 6.54 Å². The van der Waals surface area contributed by atoms with Crippen LogP contribution in [0, 0.1) is 23.7 Å². The van der Waals surface area contributed by atoms with E-state index in [4.69, 9.17) is 16.3 Å². The SMILES string of the molecule is C[C@@H](OC(=O)CN1C(=O)[C@@H]2[C@H]3C[C@@H]([C@@H]2C1=O)[C@@H](c1ccccc1)C3)C(=O)c1ccc(Cl)cc1. The van der Waals surface area contributed by atoms with E-state index in [1.165, 1.54) is 12.5 Å². The monoisotopic (exact) mass is 465 g/mol. The Morgan fingerprint density at radius 1 is 1.00 bits per heavy atom. The van der Waals surface area contributed by atoms with E-state index < -0.39 is 18.6 Å². The number of ether oxygens (including phenoxy) is 1. The molecule has 5 rings (SSSR count). The van der Waals surface area contributed by atoms with Gasteiger partial charge in [-0.25, -0.2) is 0 Å². The van der Waals surface area contributed by atoms with Gasteiger partial charge in [-0.15, -0.1) is 0 Å². The quantitative estimate of drug-likeness (QED) is 0.367. The van der Waals surface area contributed by atoms with E-state index in [1.54, 1.807) is 24.3 Å². The van der Waals surface area contributed by atoms with Crippen molar-refractivity contribution in [2.75, 3.05) is 6.54 Å². The topological polar surface area (TPSA) is 80.8 Å². The van der Waals surface area contributed by atoms with Crippen molar-refractivity contribution in [1.29, 1.82) is 0 Å². The number of Topliss-reactive ketones (excluding diaryl/α,β-unsaturated/α-hetero) is 1. The van der Waals surface area contributed by atoms with E-state index in [0.717, 1.165) is 17.7 Å². The van der Waals surface area contributed by atoms with Gasteiger partial charge in [0.25, 0.3) is 0 Å². The Labute approximate surface area is 196 Å². The fraction of sp³-hybridized carbons (Fsp3) is 0.385. The van der Waals surface area contributed by atoms with E-state index >= 15 is 0 Å². The molecule has 6 nitrogen and oxygen atoms in total. The van der Waals surface area contributed by atoms with Gasteiger partial charge in [0, 0.05) is 10.6 Å². The van der Waals surface area contributed by atoms with Gasteiger partial charge in [-0.3, -0.25) is 24.1 Å². The lowest BCUT2D eigenvalue weighted by Crippen LogP contribution is -2.39. The number of ketones is 1. The molecule has 2 aromatic rings. The van der Waals surface area contributed by atoms with Crippen LogP contribution in [0.15, 0.2) is 54.6 Å². The van der Waals surface area contributed by atoms with Gasteiger partial charge in [0.15, 0.2) is 6.10 Å². The fourth-order valence-electron chi connectivity index (χ4n) is 6.03. The van der Waals surface area contributed by atoms with E-state index in [-0.39, 0.29) is 47.2 Å². The molecule has 2 saturated carbocycles. The maximum Gasteiger partial charge on any atom is 0.326 e. The highest BCUT2D eigenvalue weighted by Crippen LogP contribution is 2.61. The normalized spacial score (nSPS) is 28.7. The highest BCUT2D eigenvalue weighted by molar-refractivity contribution is 6.30. The van der Waals surface area contributed by atoms with Gasteiger partial charge in [-0.1, -0.05) is 41.9 Å². The third kappa shape index (κ3) is 3.76. The fourth-order valence-corrected chi connectivity index (χ4v) is 6.15. The highest BCUT2D eigenvalue weighted by atomic mass is 35.5. The third-order valence-electron chi connectivity index (χ3n) is 7.43. The number of carbonyl (C=O) groups is 4. The van der Waals surface area contributed by atoms with Gasteiger partial charge < -0.3 is 4.74 Å². The summed E-state index contributed by atoms with van der Waals surface area (Å²) in [7, 11) is 0. The first-order valence-corrected chi connectivity index (χ1v) is 11.6. The van der Waals surface area contributed by atoms with Gasteiger partial charge in [-0.05, 0) is 67.3 Å². The van der Waals surface area contributed by atoms with Crippen LogP contribution in [0.5, 0.6) is 0 Å². The summed E-state index contributed by atoms with van der Waals surface area (Å²) in [5, 5.41) is 0.497. The van der Waals surface area contributed by atoms with Crippen molar-refractivity contribution < 1.29 is 23.9 Å². The molecule has 0 aromatic heterocycles. The molecule has 0 unspecified atom stereocenters. The number of nitrogens with zero attached hydrogens (tertiary/aromatic N) is 1. The van der Waals surface area contributed by atoms with Crippen molar-refractivity contribution >= 4 is 35.2 Å². The first kappa shape index (κ1) is 21.8. The molecule has 170 valence electrons. The molecule has 2 amide bonds. The number of fused-ring (bicyclic) bond motifs is 5. The number of esters is 1. The first-order valence-electron chi connectivity index (χ1n) is 11.2. The molecule has 6 atom stereocenters. The zero-order chi connectivity index (χ0) is 23.3. The summed E-state index contributed by atoms with van der Waals surface area (Å²) in [4.78, 5) is 52.3. The third-order valence-corrected chi connectivity index (χ3v) is 7.68. The molecule has 0 N–H and O–H groups in total. The van der Waals surface area contributed by atoms with Crippen molar-refractivity contribution in [3.8, 4) is 0 Å². The molecule has 0 radical (unpaired) electrons. The van der Waals surface area contributed by atoms with Crippen molar-refractivity contribution in [2.24, 2.45) is 23.7 Å². The van der Waals surface area contributed by atoms with E-state index in [9.17, 15) is 19.2 Å². The number of hydrogen-bond acceptors (Lipinski definition) is 5. The van der Waals surface area contributed by atoms with Gasteiger partial charge in [0.2, 0.25) is 17.6 Å². The van der Waals surface area contributed by atoms with Crippen LogP contribution in [0.4, 0.5) is 0 Å². The average Bonchev–Trinajstić information content (AvgIpc) is 3.47. The van der Waals surface area contributed by atoms with Gasteiger partial charge >= 0.3 is 5.97 Å². The number of halogens is 1. The number of imide groups is 1. The van der Waals surface area contributed by atoms with Crippen LogP contribution in [0.3, 0.4) is 0 Å². The molecule has 2 bridgehead atoms. The average molecular weight is 466 g/mol. The summed E-state index contributed by atoms with van der Waals surface area (Å²) in [5.41, 5.74) is 1.57. The van der Waals surface area contributed by atoms with Gasteiger partial charge in [-0.2, -0.15) is 0 Å². The Balaban J connectivity index is 1.24.